The van der Waals surface area contributed by atoms with Crippen LogP contribution in [-0.4, -0.2) is 14.5 Å². The summed E-state index contributed by atoms with van der Waals surface area (Å²) in [7, 11) is 1.94. The Morgan fingerprint density at radius 1 is 1.33 bits per heavy atom. The van der Waals surface area contributed by atoms with Gasteiger partial charge in [0.2, 0.25) is 0 Å². The molecule has 0 unspecified atom stereocenters. The maximum Gasteiger partial charge on any atom is 0.269 e. The number of rotatable bonds is 5. The maximum absolute atomic E-state index is 10.5. The predicted octanol–water partition coefficient (Wildman–Crippen LogP) is 1.62. The van der Waals surface area contributed by atoms with Crippen molar-refractivity contribution in [2.24, 2.45) is 7.05 Å². The number of non-ortho nitro benzene ring substituents is 1. The van der Waals surface area contributed by atoms with E-state index < -0.39 is 4.92 Å². The summed E-state index contributed by atoms with van der Waals surface area (Å²) in [5.41, 5.74) is 2.23. The van der Waals surface area contributed by atoms with Gasteiger partial charge in [-0.3, -0.25) is 10.1 Å². The largest absolute Gasteiger partial charge is 0.337 e. The van der Waals surface area contributed by atoms with Crippen LogP contribution in [0, 0.1) is 10.1 Å². The second-order valence-corrected chi connectivity index (χ2v) is 4.02. The highest BCUT2D eigenvalue weighted by Gasteiger charge is 2.03. The van der Waals surface area contributed by atoms with Crippen molar-refractivity contribution in [3.63, 3.8) is 0 Å². The first-order valence-electron chi connectivity index (χ1n) is 5.56. The van der Waals surface area contributed by atoms with E-state index in [1.807, 2.05) is 17.8 Å². The summed E-state index contributed by atoms with van der Waals surface area (Å²) in [5.74, 6) is 0. The van der Waals surface area contributed by atoms with Gasteiger partial charge < -0.3 is 9.88 Å². The van der Waals surface area contributed by atoms with Crippen molar-refractivity contribution in [3.8, 4) is 0 Å². The van der Waals surface area contributed by atoms with Crippen LogP contribution in [0.15, 0.2) is 36.8 Å². The zero-order valence-electron chi connectivity index (χ0n) is 10.0. The number of nitro benzene ring substituents is 1. The third-order valence-corrected chi connectivity index (χ3v) is 2.70. The van der Waals surface area contributed by atoms with E-state index in [1.54, 1.807) is 18.5 Å². The van der Waals surface area contributed by atoms with E-state index in [2.05, 4.69) is 10.3 Å². The van der Waals surface area contributed by atoms with Crippen molar-refractivity contribution >= 4 is 5.69 Å². The predicted molar refractivity (Wildman–Crippen MR) is 66.8 cm³/mol. The van der Waals surface area contributed by atoms with Crippen LogP contribution < -0.4 is 5.32 Å². The third-order valence-electron chi connectivity index (χ3n) is 2.70. The molecule has 94 valence electrons. The fourth-order valence-corrected chi connectivity index (χ4v) is 1.63. The molecule has 0 spiro atoms. The first kappa shape index (κ1) is 12.3. The first-order valence-corrected chi connectivity index (χ1v) is 5.56. The van der Waals surface area contributed by atoms with Crippen LogP contribution in [-0.2, 0) is 20.1 Å². The third kappa shape index (κ3) is 2.92. The second-order valence-electron chi connectivity index (χ2n) is 4.02. The number of aromatic nitrogens is 2. The van der Waals surface area contributed by atoms with Gasteiger partial charge in [0.25, 0.3) is 5.69 Å². The van der Waals surface area contributed by atoms with E-state index in [0.29, 0.717) is 13.1 Å². The lowest BCUT2D eigenvalue weighted by molar-refractivity contribution is -0.384. The van der Waals surface area contributed by atoms with Crippen molar-refractivity contribution in [1.29, 1.82) is 0 Å². The molecule has 18 heavy (non-hydrogen) atoms. The Labute approximate surface area is 104 Å². The molecule has 2 aromatic rings. The first-order chi connectivity index (χ1) is 8.66. The quantitative estimate of drug-likeness (QED) is 0.642. The van der Waals surface area contributed by atoms with E-state index in [1.165, 1.54) is 12.1 Å². The minimum Gasteiger partial charge on any atom is -0.337 e. The molecular formula is C12H14N4O2. The topological polar surface area (TPSA) is 73.0 Å². The van der Waals surface area contributed by atoms with Crippen LogP contribution in [0.2, 0.25) is 0 Å². The van der Waals surface area contributed by atoms with Gasteiger partial charge in [0.15, 0.2) is 0 Å². The molecule has 1 heterocycles. The number of nitro groups is 1. The molecular weight excluding hydrogens is 232 g/mol. The van der Waals surface area contributed by atoms with E-state index in [9.17, 15) is 10.1 Å². The fraction of sp³-hybridized carbons (Fsp3) is 0.250. The summed E-state index contributed by atoms with van der Waals surface area (Å²) in [6.45, 7) is 1.39. The molecule has 0 aliphatic heterocycles. The number of hydrogen-bond donors (Lipinski definition) is 1. The van der Waals surface area contributed by atoms with Crippen molar-refractivity contribution < 1.29 is 4.92 Å². The van der Waals surface area contributed by atoms with Gasteiger partial charge in [-0.05, 0) is 5.56 Å². The Morgan fingerprint density at radius 2 is 2.06 bits per heavy atom. The summed E-state index contributed by atoms with van der Waals surface area (Å²) in [6.07, 6.45) is 3.56. The molecule has 0 atom stereocenters. The summed E-state index contributed by atoms with van der Waals surface area (Å²) in [5, 5.41) is 13.8. The zero-order valence-corrected chi connectivity index (χ0v) is 10.0. The Balaban J connectivity index is 1.87. The lowest BCUT2D eigenvalue weighted by Gasteiger charge is -2.05. The van der Waals surface area contributed by atoms with Crippen LogP contribution in [0.25, 0.3) is 0 Å². The average Bonchev–Trinajstić information content (AvgIpc) is 2.76. The van der Waals surface area contributed by atoms with E-state index in [-0.39, 0.29) is 5.69 Å². The summed E-state index contributed by atoms with van der Waals surface area (Å²) < 4.78 is 1.95. The zero-order chi connectivity index (χ0) is 13.0. The summed E-state index contributed by atoms with van der Waals surface area (Å²) in [4.78, 5) is 14.1. The van der Waals surface area contributed by atoms with Crippen LogP contribution in [0.1, 0.15) is 11.3 Å². The highest BCUT2D eigenvalue weighted by molar-refractivity contribution is 5.32. The molecule has 0 aliphatic rings. The molecule has 6 nitrogen and oxygen atoms in total. The Hall–Kier alpha value is -2.21. The smallest absolute Gasteiger partial charge is 0.269 e. The van der Waals surface area contributed by atoms with Crippen LogP contribution >= 0.6 is 0 Å². The van der Waals surface area contributed by atoms with Crippen LogP contribution in [0.4, 0.5) is 5.69 Å². The van der Waals surface area contributed by atoms with Gasteiger partial charge in [-0.25, -0.2) is 4.98 Å². The standard InChI is InChI=1S/C12H14N4O2/c1-15-9-14-8-12(15)7-13-6-10-2-4-11(5-3-10)16(17)18/h2-5,8-9,13H,6-7H2,1H3. The molecule has 0 amide bonds. The van der Waals surface area contributed by atoms with Crippen LogP contribution in [0.5, 0.6) is 0 Å². The minimum atomic E-state index is -0.396. The van der Waals surface area contributed by atoms with Gasteiger partial charge in [0.05, 0.1) is 16.9 Å². The van der Waals surface area contributed by atoms with Gasteiger partial charge in [0.1, 0.15) is 0 Å². The Bertz CT molecular complexity index is 533. The van der Waals surface area contributed by atoms with Gasteiger partial charge in [-0.1, -0.05) is 12.1 Å². The molecule has 1 aromatic carbocycles. The van der Waals surface area contributed by atoms with Crippen molar-refractivity contribution in [2.45, 2.75) is 13.1 Å². The van der Waals surface area contributed by atoms with Gasteiger partial charge >= 0.3 is 0 Å². The molecule has 1 N–H and O–H groups in total. The molecule has 0 bridgehead atoms. The molecule has 0 aliphatic carbocycles. The monoisotopic (exact) mass is 246 g/mol. The molecule has 0 radical (unpaired) electrons. The number of benzene rings is 1. The number of nitrogens with zero attached hydrogens (tertiary/aromatic N) is 3. The number of hydrogen-bond acceptors (Lipinski definition) is 4. The highest BCUT2D eigenvalue weighted by Crippen LogP contribution is 2.11. The van der Waals surface area contributed by atoms with Gasteiger partial charge in [0, 0.05) is 38.5 Å². The van der Waals surface area contributed by atoms with Crippen molar-refractivity contribution in [2.75, 3.05) is 0 Å². The molecule has 6 heteroatoms. The van der Waals surface area contributed by atoms with E-state index >= 15 is 0 Å². The van der Waals surface area contributed by atoms with Crippen LogP contribution in [0.3, 0.4) is 0 Å². The minimum absolute atomic E-state index is 0.116. The van der Waals surface area contributed by atoms with Gasteiger partial charge in [-0.2, -0.15) is 0 Å². The molecule has 1 aromatic heterocycles. The SMILES string of the molecule is Cn1cncc1CNCc1ccc([N+](=O)[O-])cc1. The normalized spacial score (nSPS) is 10.5. The van der Waals surface area contributed by atoms with Crippen molar-refractivity contribution in [1.82, 2.24) is 14.9 Å². The molecule has 0 saturated carbocycles. The lowest BCUT2D eigenvalue weighted by Crippen LogP contribution is -2.14. The van der Waals surface area contributed by atoms with E-state index in [4.69, 9.17) is 0 Å². The summed E-state index contributed by atoms with van der Waals surface area (Å²) >= 11 is 0. The van der Waals surface area contributed by atoms with Crippen molar-refractivity contribution in [3.05, 3.63) is 58.2 Å². The molecule has 0 fully saturated rings. The second kappa shape index (κ2) is 5.42. The molecule has 0 saturated heterocycles. The Kier molecular flexibility index (Phi) is 3.69. The average molecular weight is 246 g/mol. The maximum atomic E-state index is 10.5. The summed E-state index contributed by atoms with van der Waals surface area (Å²) in [6, 6.07) is 6.55. The Morgan fingerprint density at radius 3 is 2.61 bits per heavy atom. The number of aryl methyl sites for hydroxylation is 1. The molecule has 2 rings (SSSR count). The lowest BCUT2D eigenvalue weighted by atomic mass is 10.2. The number of nitrogens with one attached hydrogen (secondary N) is 1. The van der Waals surface area contributed by atoms with E-state index in [0.717, 1.165) is 11.3 Å². The van der Waals surface area contributed by atoms with Gasteiger partial charge in [-0.15, -0.1) is 0 Å². The number of imidazole rings is 1. The highest BCUT2D eigenvalue weighted by atomic mass is 16.6. The fourth-order valence-electron chi connectivity index (χ4n) is 1.63.